The highest BCUT2D eigenvalue weighted by molar-refractivity contribution is 7.88. The van der Waals surface area contributed by atoms with Gasteiger partial charge in [-0.25, -0.2) is 13.4 Å². The second-order valence-corrected chi connectivity index (χ2v) is 9.05. The first kappa shape index (κ1) is 18.1. The zero-order valence-electron chi connectivity index (χ0n) is 13.4. The molecule has 1 amide bonds. The third-order valence-electron chi connectivity index (χ3n) is 3.71. The summed E-state index contributed by atoms with van der Waals surface area (Å²) in [5, 5.41) is 3.75. The molecule has 0 radical (unpaired) electrons. The fraction of sp³-hybridized carbons (Fsp3) is 0.250. The Morgan fingerprint density at radius 2 is 2.16 bits per heavy atom. The highest BCUT2D eigenvalue weighted by Gasteiger charge is 2.26. The van der Waals surface area contributed by atoms with Crippen molar-refractivity contribution in [3.8, 4) is 0 Å². The number of rotatable bonds is 4. The third kappa shape index (κ3) is 4.46. The minimum Gasteiger partial charge on any atom is -0.298 e. The molecule has 1 aromatic heterocycles. The van der Waals surface area contributed by atoms with Crippen LogP contribution >= 0.6 is 22.9 Å². The van der Waals surface area contributed by atoms with Gasteiger partial charge in [0.15, 0.2) is 5.13 Å². The first-order valence-electron chi connectivity index (χ1n) is 7.50. The number of thiazole rings is 1. The van der Waals surface area contributed by atoms with Crippen molar-refractivity contribution in [2.75, 3.05) is 18.1 Å². The Morgan fingerprint density at radius 1 is 1.40 bits per heavy atom. The molecule has 0 unspecified atom stereocenters. The number of fused-ring (bicyclic) bond motifs is 1. The van der Waals surface area contributed by atoms with Gasteiger partial charge < -0.3 is 0 Å². The zero-order chi connectivity index (χ0) is 18.0. The van der Waals surface area contributed by atoms with Gasteiger partial charge in [0.2, 0.25) is 15.9 Å². The standard InChI is InChI=1S/C16H16ClN3O3S2/c1-25(22,23)20-9-8-13-14(10-20)24-16(18-13)19-15(21)7-6-11-4-2-3-5-12(11)17/h2-7H,8-10H2,1H3,(H,18,19,21)/b7-6+. The van der Waals surface area contributed by atoms with E-state index in [1.54, 1.807) is 12.1 Å². The average Bonchev–Trinajstić information content (AvgIpc) is 2.94. The molecule has 25 heavy (non-hydrogen) atoms. The van der Waals surface area contributed by atoms with Gasteiger partial charge in [-0.1, -0.05) is 29.8 Å². The van der Waals surface area contributed by atoms with Crippen LogP contribution in [0.1, 0.15) is 16.1 Å². The van der Waals surface area contributed by atoms with E-state index in [0.717, 1.165) is 16.1 Å². The van der Waals surface area contributed by atoms with E-state index in [1.165, 1.54) is 28.0 Å². The molecule has 0 saturated heterocycles. The van der Waals surface area contributed by atoms with Crippen LogP contribution in [0, 0.1) is 0 Å². The fourth-order valence-corrected chi connectivity index (χ4v) is 4.53. The van der Waals surface area contributed by atoms with Gasteiger partial charge in [-0.2, -0.15) is 4.31 Å². The Balaban J connectivity index is 1.68. The number of hydrogen-bond donors (Lipinski definition) is 1. The van der Waals surface area contributed by atoms with Crippen LogP contribution in [0.3, 0.4) is 0 Å². The van der Waals surface area contributed by atoms with Crippen LogP contribution in [0.5, 0.6) is 0 Å². The van der Waals surface area contributed by atoms with Crippen LogP contribution in [-0.4, -0.2) is 36.4 Å². The average molecular weight is 398 g/mol. The lowest BCUT2D eigenvalue weighted by Crippen LogP contribution is -2.34. The van der Waals surface area contributed by atoms with Crippen molar-refractivity contribution in [3.05, 3.63) is 51.5 Å². The van der Waals surface area contributed by atoms with Crippen molar-refractivity contribution in [1.82, 2.24) is 9.29 Å². The number of hydrogen-bond acceptors (Lipinski definition) is 5. The minimum atomic E-state index is -3.22. The van der Waals surface area contributed by atoms with Gasteiger partial charge in [-0.05, 0) is 17.7 Å². The van der Waals surface area contributed by atoms with Crippen LogP contribution in [0.15, 0.2) is 30.3 Å². The lowest BCUT2D eigenvalue weighted by molar-refractivity contribution is -0.111. The molecule has 0 aliphatic carbocycles. The molecule has 6 nitrogen and oxygen atoms in total. The monoisotopic (exact) mass is 397 g/mol. The van der Waals surface area contributed by atoms with Gasteiger partial charge in [-0.15, -0.1) is 11.3 Å². The van der Waals surface area contributed by atoms with Crippen LogP contribution in [0.4, 0.5) is 5.13 Å². The summed E-state index contributed by atoms with van der Waals surface area (Å²) in [4.78, 5) is 17.3. The van der Waals surface area contributed by atoms with E-state index in [0.29, 0.717) is 29.7 Å². The van der Waals surface area contributed by atoms with Gasteiger partial charge in [0.1, 0.15) is 0 Å². The van der Waals surface area contributed by atoms with Crippen LogP contribution in [-0.2, 0) is 27.8 Å². The smallest absolute Gasteiger partial charge is 0.250 e. The van der Waals surface area contributed by atoms with Crippen LogP contribution < -0.4 is 5.32 Å². The van der Waals surface area contributed by atoms with Crippen LogP contribution in [0.2, 0.25) is 5.02 Å². The Labute approximate surface area is 155 Å². The maximum absolute atomic E-state index is 12.1. The number of carbonyl (C=O) groups excluding carboxylic acids is 1. The number of nitrogens with one attached hydrogen (secondary N) is 1. The number of aromatic nitrogens is 1. The molecule has 2 heterocycles. The molecule has 0 spiro atoms. The zero-order valence-corrected chi connectivity index (χ0v) is 15.8. The van der Waals surface area contributed by atoms with Crippen molar-refractivity contribution < 1.29 is 13.2 Å². The molecule has 0 bridgehead atoms. The van der Waals surface area contributed by atoms with E-state index >= 15 is 0 Å². The summed E-state index contributed by atoms with van der Waals surface area (Å²) < 4.78 is 24.7. The van der Waals surface area contributed by atoms with Gasteiger partial charge in [0, 0.05) is 35.5 Å². The Hall–Kier alpha value is -1.74. The van der Waals surface area contributed by atoms with Gasteiger partial charge in [0.05, 0.1) is 11.9 Å². The molecule has 1 N–H and O–H groups in total. The van der Waals surface area contributed by atoms with Crippen molar-refractivity contribution in [2.24, 2.45) is 0 Å². The summed E-state index contributed by atoms with van der Waals surface area (Å²) in [7, 11) is -3.22. The maximum atomic E-state index is 12.1. The van der Waals surface area contributed by atoms with E-state index in [1.807, 2.05) is 18.2 Å². The lowest BCUT2D eigenvalue weighted by atomic mass is 10.2. The molecule has 132 valence electrons. The Morgan fingerprint density at radius 3 is 2.88 bits per heavy atom. The predicted octanol–water partition coefficient (Wildman–Crippen LogP) is 2.77. The summed E-state index contributed by atoms with van der Waals surface area (Å²) in [6, 6.07) is 7.22. The highest BCUT2D eigenvalue weighted by Crippen LogP contribution is 2.29. The quantitative estimate of drug-likeness (QED) is 0.804. The van der Waals surface area contributed by atoms with Gasteiger partial charge >= 0.3 is 0 Å². The fourth-order valence-electron chi connectivity index (χ4n) is 2.43. The molecule has 1 aliphatic heterocycles. The van der Waals surface area contributed by atoms with E-state index in [2.05, 4.69) is 10.3 Å². The molecule has 2 aromatic rings. The number of nitrogens with zero attached hydrogens (tertiary/aromatic N) is 2. The largest absolute Gasteiger partial charge is 0.298 e. The molecular weight excluding hydrogens is 382 g/mol. The molecule has 9 heteroatoms. The molecule has 0 atom stereocenters. The molecule has 1 aliphatic rings. The molecule has 3 rings (SSSR count). The highest BCUT2D eigenvalue weighted by atomic mass is 35.5. The maximum Gasteiger partial charge on any atom is 0.250 e. The molecule has 0 fully saturated rings. The lowest BCUT2D eigenvalue weighted by Gasteiger charge is -2.23. The van der Waals surface area contributed by atoms with Crippen molar-refractivity contribution in [1.29, 1.82) is 0 Å². The van der Waals surface area contributed by atoms with E-state index < -0.39 is 10.0 Å². The van der Waals surface area contributed by atoms with Crippen molar-refractivity contribution >= 4 is 50.1 Å². The number of anilines is 1. The second kappa shape index (κ2) is 7.25. The minimum absolute atomic E-state index is 0.303. The van der Waals surface area contributed by atoms with E-state index in [-0.39, 0.29) is 5.91 Å². The van der Waals surface area contributed by atoms with Gasteiger partial charge in [-0.3, -0.25) is 10.1 Å². The van der Waals surface area contributed by atoms with Gasteiger partial charge in [0.25, 0.3) is 0 Å². The summed E-state index contributed by atoms with van der Waals surface area (Å²) in [5.74, 6) is -0.314. The molecule has 1 aromatic carbocycles. The predicted molar refractivity (Wildman–Crippen MR) is 100 cm³/mol. The van der Waals surface area contributed by atoms with E-state index in [9.17, 15) is 13.2 Å². The number of benzene rings is 1. The van der Waals surface area contributed by atoms with Crippen molar-refractivity contribution in [2.45, 2.75) is 13.0 Å². The number of halogens is 1. The number of carbonyl (C=O) groups is 1. The number of amides is 1. The van der Waals surface area contributed by atoms with Crippen LogP contribution in [0.25, 0.3) is 6.08 Å². The summed E-state index contributed by atoms with van der Waals surface area (Å²) in [6.45, 7) is 0.715. The first-order valence-corrected chi connectivity index (χ1v) is 10.5. The molecular formula is C16H16ClN3O3S2. The Bertz CT molecular complexity index is 938. The summed E-state index contributed by atoms with van der Waals surface area (Å²) in [6.07, 6.45) is 4.77. The number of sulfonamides is 1. The summed E-state index contributed by atoms with van der Waals surface area (Å²) >= 11 is 7.34. The first-order chi connectivity index (χ1) is 11.8. The normalized spacial score (nSPS) is 15.3. The molecule has 0 saturated carbocycles. The van der Waals surface area contributed by atoms with Crippen molar-refractivity contribution in [3.63, 3.8) is 0 Å². The summed E-state index contributed by atoms with van der Waals surface area (Å²) in [5.41, 5.74) is 1.59. The topological polar surface area (TPSA) is 79.4 Å². The SMILES string of the molecule is CS(=O)(=O)N1CCc2nc(NC(=O)/C=C/c3ccccc3Cl)sc2C1. The second-order valence-electron chi connectivity index (χ2n) is 5.58. The Kier molecular flexibility index (Phi) is 5.24. The van der Waals surface area contributed by atoms with E-state index in [4.69, 9.17) is 11.6 Å². The third-order valence-corrected chi connectivity index (χ3v) is 6.31.